The van der Waals surface area contributed by atoms with Crippen LogP contribution in [0, 0.1) is 0 Å². The smallest absolute Gasteiger partial charge is 0.372 e. The second-order valence-corrected chi connectivity index (χ2v) is 3.95. The van der Waals surface area contributed by atoms with E-state index in [9.17, 15) is 26.3 Å². The maximum Gasteiger partial charge on any atom is 0.411 e. The van der Waals surface area contributed by atoms with Gasteiger partial charge in [0.25, 0.3) is 0 Å². The van der Waals surface area contributed by atoms with Gasteiger partial charge in [-0.25, -0.2) is 0 Å². The van der Waals surface area contributed by atoms with Gasteiger partial charge in [-0.2, -0.15) is 26.3 Å². The lowest BCUT2D eigenvalue weighted by Crippen LogP contribution is -2.28. The van der Waals surface area contributed by atoms with Crippen molar-refractivity contribution in [3.8, 4) is 0 Å². The number of rotatable bonds is 8. The van der Waals surface area contributed by atoms with Crippen LogP contribution in [-0.2, 0) is 4.74 Å². The molecule has 0 aromatic carbocycles. The predicted molar refractivity (Wildman–Crippen MR) is 54.2 cm³/mol. The number of halogens is 6. The minimum absolute atomic E-state index is 0.0473. The summed E-state index contributed by atoms with van der Waals surface area (Å²) in [7, 11) is 1.56. The van der Waals surface area contributed by atoms with Gasteiger partial charge in [-0.15, -0.1) is 0 Å². The van der Waals surface area contributed by atoms with E-state index in [0.717, 1.165) is 0 Å². The maximum absolute atomic E-state index is 11.9. The molecule has 0 rings (SSSR count). The molecule has 1 atom stereocenters. The Labute approximate surface area is 102 Å². The molecule has 0 radical (unpaired) electrons. The summed E-state index contributed by atoms with van der Waals surface area (Å²) < 4.78 is 75.2. The number of hydrogen-bond acceptors (Lipinski definition) is 2. The average molecular weight is 281 g/mol. The molecule has 1 unspecified atom stereocenters. The Balaban J connectivity index is 3.65. The quantitative estimate of drug-likeness (QED) is 0.544. The van der Waals surface area contributed by atoms with Gasteiger partial charge in [0.2, 0.25) is 0 Å². The zero-order valence-corrected chi connectivity index (χ0v) is 10.00. The third-order valence-electron chi connectivity index (χ3n) is 2.30. The van der Waals surface area contributed by atoms with Crippen molar-refractivity contribution in [3.63, 3.8) is 0 Å². The van der Waals surface area contributed by atoms with Gasteiger partial charge in [-0.3, -0.25) is 0 Å². The summed E-state index contributed by atoms with van der Waals surface area (Å²) >= 11 is 0. The lowest BCUT2D eigenvalue weighted by Gasteiger charge is -2.17. The average Bonchev–Trinajstić information content (AvgIpc) is 2.18. The van der Waals surface area contributed by atoms with E-state index in [1.165, 1.54) is 0 Å². The van der Waals surface area contributed by atoms with Crippen molar-refractivity contribution in [1.29, 1.82) is 0 Å². The van der Waals surface area contributed by atoms with E-state index in [0.29, 0.717) is 0 Å². The van der Waals surface area contributed by atoms with Gasteiger partial charge >= 0.3 is 12.4 Å². The first-order chi connectivity index (χ1) is 8.14. The van der Waals surface area contributed by atoms with Crippen LogP contribution in [0.15, 0.2) is 0 Å². The molecule has 0 fully saturated rings. The van der Waals surface area contributed by atoms with E-state index in [-0.39, 0.29) is 31.9 Å². The van der Waals surface area contributed by atoms with E-state index in [1.807, 2.05) is 0 Å². The van der Waals surface area contributed by atoms with E-state index < -0.39 is 25.4 Å². The Morgan fingerprint density at radius 2 is 1.61 bits per heavy atom. The molecule has 0 saturated heterocycles. The number of nitrogens with one attached hydrogen (secondary N) is 1. The molecule has 0 heterocycles. The highest BCUT2D eigenvalue weighted by atomic mass is 19.4. The molecule has 0 aliphatic rings. The summed E-state index contributed by atoms with van der Waals surface area (Å²) in [6.07, 6.45) is -8.98. The van der Waals surface area contributed by atoms with Crippen LogP contribution in [0.3, 0.4) is 0 Å². The van der Waals surface area contributed by atoms with Crippen LogP contribution >= 0.6 is 0 Å². The molecular formula is C10H17F6NO. The Morgan fingerprint density at radius 3 is 2.06 bits per heavy atom. The van der Waals surface area contributed by atoms with E-state index in [2.05, 4.69) is 10.1 Å². The molecule has 8 heteroatoms. The van der Waals surface area contributed by atoms with Gasteiger partial charge < -0.3 is 10.1 Å². The molecule has 0 aliphatic heterocycles. The summed E-state index contributed by atoms with van der Waals surface area (Å²) in [6, 6.07) is -0.263. The van der Waals surface area contributed by atoms with Crippen LogP contribution in [0.25, 0.3) is 0 Å². The van der Waals surface area contributed by atoms with Crippen molar-refractivity contribution in [2.45, 2.75) is 44.1 Å². The summed E-state index contributed by atoms with van der Waals surface area (Å²) in [5, 5.41) is 2.76. The SMILES string of the molecule is CNC(CCCC(F)(F)F)CCOCC(F)(F)F. The number of alkyl halides is 6. The monoisotopic (exact) mass is 281 g/mol. The Hall–Kier alpha value is -0.500. The Morgan fingerprint density at radius 1 is 1.00 bits per heavy atom. The van der Waals surface area contributed by atoms with Crippen molar-refractivity contribution in [2.24, 2.45) is 0 Å². The molecule has 0 bridgehead atoms. The highest BCUT2D eigenvalue weighted by Crippen LogP contribution is 2.23. The summed E-state index contributed by atoms with van der Waals surface area (Å²) in [4.78, 5) is 0. The third kappa shape index (κ3) is 12.0. The third-order valence-corrected chi connectivity index (χ3v) is 2.30. The summed E-state index contributed by atoms with van der Waals surface area (Å²) in [5.74, 6) is 0. The van der Waals surface area contributed by atoms with E-state index >= 15 is 0 Å². The molecule has 18 heavy (non-hydrogen) atoms. The van der Waals surface area contributed by atoms with Crippen LogP contribution in [0.4, 0.5) is 26.3 Å². The molecule has 2 nitrogen and oxygen atoms in total. The van der Waals surface area contributed by atoms with Crippen molar-refractivity contribution >= 4 is 0 Å². The molecule has 0 aromatic heterocycles. The fourth-order valence-corrected chi connectivity index (χ4v) is 1.40. The van der Waals surface area contributed by atoms with Crippen LogP contribution in [-0.4, -0.2) is 38.7 Å². The molecule has 110 valence electrons. The Kier molecular flexibility index (Phi) is 7.61. The van der Waals surface area contributed by atoms with Crippen molar-refractivity contribution < 1.29 is 31.1 Å². The van der Waals surface area contributed by atoms with Gasteiger partial charge in [-0.05, 0) is 26.3 Å². The molecular weight excluding hydrogens is 264 g/mol. The van der Waals surface area contributed by atoms with Crippen molar-refractivity contribution in [2.75, 3.05) is 20.3 Å². The molecule has 1 N–H and O–H groups in total. The van der Waals surface area contributed by atoms with E-state index in [1.54, 1.807) is 7.05 Å². The van der Waals surface area contributed by atoms with Crippen LogP contribution in [0.5, 0.6) is 0 Å². The van der Waals surface area contributed by atoms with Crippen LogP contribution in [0.1, 0.15) is 25.7 Å². The zero-order valence-electron chi connectivity index (χ0n) is 10.00. The molecule has 0 spiro atoms. The van der Waals surface area contributed by atoms with Gasteiger partial charge in [0, 0.05) is 19.1 Å². The normalized spacial score (nSPS) is 14.8. The van der Waals surface area contributed by atoms with Crippen molar-refractivity contribution in [1.82, 2.24) is 5.32 Å². The summed E-state index contributed by atoms with van der Waals surface area (Å²) in [6.45, 7) is -1.46. The van der Waals surface area contributed by atoms with E-state index in [4.69, 9.17) is 0 Å². The van der Waals surface area contributed by atoms with Gasteiger partial charge in [0.15, 0.2) is 0 Å². The topological polar surface area (TPSA) is 21.3 Å². The first-order valence-electron chi connectivity index (χ1n) is 5.52. The highest BCUT2D eigenvalue weighted by Gasteiger charge is 2.28. The zero-order chi connectivity index (χ0) is 14.2. The van der Waals surface area contributed by atoms with Crippen LogP contribution < -0.4 is 5.32 Å². The van der Waals surface area contributed by atoms with Gasteiger partial charge in [-0.1, -0.05) is 0 Å². The van der Waals surface area contributed by atoms with Crippen LogP contribution in [0.2, 0.25) is 0 Å². The number of hydrogen-bond donors (Lipinski definition) is 1. The minimum Gasteiger partial charge on any atom is -0.372 e. The second kappa shape index (κ2) is 7.83. The molecule has 0 saturated carbocycles. The molecule has 0 aromatic rings. The first-order valence-corrected chi connectivity index (χ1v) is 5.52. The molecule has 0 amide bonds. The number of ether oxygens (including phenoxy) is 1. The first kappa shape index (κ1) is 17.5. The highest BCUT2D eigenvalue weighted by molar-refractivity contribution is 4.65. The van der Waals surface area contributed by atoms with Gasteiger partial charge in [0.1, 0.15) is 6.61 Å². The molecule has 0 aliphatic carbocycles. The fraction of sp³-hybridized carbons (Fsp3) is 1.00. The Bertz CT molecular complexity index is 215. The van der Waals surface area contributed by atoms with Gasteiger partial charge in [0.05, 0.1) is 0 Å². The lowest BCUT2D eigenvalue weighted by atomic mass is 10.1. The predicted octanol–water partition coefficient (Wildman–Crippen LogP) is 3.28. The summed E-state index contributed by atoms with van der Waals surface area (Å²) in [5.41, 5.74) is 0. The van der Waals surface area contributed by atoms with Crippen molar-refractivity contribution in [3.05, 3.63) is 0 Å². The standard InChI is InChI=1S/C10H17F6NO/c1-17-8(3-2-5-9(11,12)13)4-6-18-7-10(14,15)16/h8,17H,2-7H2,1H3. The second-order valence-electron chi connectivity index (χ2n) is 3.95. The maximum atomic E-state index is 11.9. The lowest BCUT2D eigenvalue weighted by molar-refractivity contribution is -0.174. The largest absolute Gasteiger partial charge is 0.411 e. The fourth-order valence-electron chi connectivity index (χ4n) is 1.40. The minimum atomic E-state index is -4.37.